The lowest BCUT2D eigenvalue weighted by atomic mass is 9.94. The smallest absolute Gasteiger partial charge is 0.135 e. The Morgan fingerprint density at radius 3 is 2.53 bits per heavy atom. The van der Waals surface area contributed by atoms with Crippen LogP contribution in [0.15, 0.2) is 6.07 Å². The van der Waals surface area contributed by atoms with Gasteiger partial charge >= 0.3 is 0 Å². The molecule has 4 nitrogen and oxygen atoms in total. The summed E-state index contributed by atoms with van der Waals surface area (Å²) in [4.78, 5) is 11.5. The molecule has 106 valence electrons. The molecule has 0 aromatic carbocycles. The molecular formula is C15H26N4. The molecule has 0 radical (unpaired) electrons. The van der Waals surface area contributed by atoms with Crippen LogP contribution >= 0.6 is 0 Å². The summed E-state index contributed by atoms with van der Waals surface area (Å²) in [5.41, 5.74) is 5.94. The van der Waals surface area contributed by atoms with Gasteiger partial charge in [0.05, 0.1) is 0 Å². The second kappa shape index (κ2) is 6.22. The normalized spacial score (nSPS) is 16.8. The Hall–Kier alpha value is -1.32. The first-order chi connectivity index (χ1) is 9.11. The molecule has 1 saturated carbocycles. The molecule has 0 saturated heterocycles. The lowest BCUT2D eigenvalue weighted by Crippen LogP contribution is -2.37. The highest BCUT2D eigenvalue weighted by Crippen LogP contribution is 2.27. The lowest BCUT2D eigenvalue weighted by molar-refractivity contribution is 0.416. The molecule has 4 heteroatoms. The molecule has 1 aliphatic carbocycles. The molecule has 19 heavy (non-hydrogen) atoms. The van der Waals surface area contributed by atoms with Gasteiger partial charge < -0.3 is 10.6 Å². The summed E-state index contributed by atoms with van der Waals surface area (Å²) < 4.78 is 0. The van der Waals surface area contributed by atoms with Crippen LogP contribution in [-0.4, -0.2) is 22.6 Å². The summed E-state index contributed by atoms with van der Waals surface area (Å²) in [7, 11) is 0. The first-order valence-corrected chi connectivity index (χ1v) is 7.53. The van der Waals surface area contributed by atoms with Crippen molar-refractivity contribution in [3.8, 4) is 0 Å². The standard InChI is InChI=1S/C15H26N4/c1-4-19(12-8-6-5-7-9-12)14-10-13(16)17-15(18-14)11(2)3/h10-12H,4-9H2,1-3H3,(H2,16,17,18). The maximum absolute atomic E-state index is 5.94. The van der Waals surface area contributed by atoms with E-state index in [9.17, 15) is 0 Å². The molecule has 1 heterocycles. The molecule has 0 bridgehead atoms. The van der Waals surface area contributed by atoms with Crippen molar-refractivity contribution >= 4 is 11.6 Å². The number of hydrogen-bond acceptors (Lipinski definition) is 4. The Morgan fingerprint density at radius 2 is 1.95 bits per heavy atom. The van der Waals surface area contributed by atoms with E-state index >= 15 is 0 Å². The monoisotopic (exact) mass is 262 g/mol. The van der Waals surface area contributed by atoms with Crippen molar-refractivity contribution < 1.29 is 0 Å². The Kier molecular flexibility index (Phi) is 4.61. The van der Waals surface area contributed by atoms with E-state index in [0.29, 0.717) is 17.8 Å². The molecule has 2 N–H and O–H groups in total. The number of anilines is 2. The van der Waals surface area contributed by atoms with Gasteiger partial charge in [0, 0.05) is 24.6 Å². The fourth-order valence-corrected chi connectivity index (χ4v) is 2.88. The quantitative estimate of drug-likeness (QED) is 0.904. The summed E-state index contributed by atoms with van der Waals surface area (Å²) in [6, 6.07) is 2.54. The van der Waals surface area contributed by atoms with Gasteiger partial charge in [0.25, 0.3) is 0 Å². The average molecular weight is 262 g/mol. The van der Waals surface area contributed by atoms with Crippen LogP contribution in [0.25, 0.3) is 0 Å². The van der Waals surface area contributed by atoms with Crippen molar-refractivity contribution in [3.63, 3.8) is 0 Å². The molecule has 1 aliphatic rings. The van der Waals surface area contributed by atoms with Gasteiger partial charge in [0.1, 0.15) is 17.5 Å². The largest absolute Gasteiger partial charge is 0.384 e. The van der Waals surface area contributed by atoms with Crippen LogP contribution in [0.1, 0.15) is 64.6 Å². The summed E-state index contributed by atoms with van der Waals surface area (Å²) in [5.74, 6) is 2.75. The highest BCUT2D eigenvalue weighted by Gasteiger charge is 2.22. The number of nitrogens with two attached hydrogens (primary N) is 1. The third kappa shape index (κ3) is 3.37. The minimum Gasteiger partial charge on any atom is -0.384 e. The Bertz CT molecular complexity index is 411. The predicted molar refractivity (Wildman–Crippen MR) is 80.4 cm³/mol. The fourth-order valence-electron chi connectivity index (χ4n) is 2.88. The minimum absolute atomic E-state index is 0.312. The minimum atomic E-state index is 0.312. The zero-order chi connectivity index (χ0) is 13.8. The van der Waals surface area contributed by atoms with Gasteiger partial charge in [0.15, 0.2) is 0 Å². The first-order valence-electron chi connectivity index (χ1n) is 7.53. The van der Waals surface area contributed by atoms with Gasteiger partial charge in [-0.3, -0.25) is 0 Å². The van der Waals surface area contributed by atoms with E-state index < -0.39 is 0 Å². The van der Waals surface area contributed by atoms with Crippen LogP contribution in [0.4, 0.5) is 11.6 Å². The second-order valence-electron chi connectivity index (χ2n) is 5.74. The molecule has 0 amide bonds. The van der Waals surface area contributed by atoms with Crippen LogP contribution in [-0.2, 0) is 0 Å². The van der Waals surface area contributed by atoms with E-state index in [-0.39, 0.29) is 0 Å². The van der Waals surface area contributed by atoms with E-state index in [0.717, 1.165) is 18.2 Å². The second-order valence-corrected chi connectivity index (χ2v) is 5.74. The van der Waals surface area contributed by atoms with Gasteiger partial charge in [-0.15, -0.1) is 0 Å². The molecule has 0 spiro atoms. The highest BCUT2D eigenvalue weighted by molar-refractivity contribution is 5.48. The fraction of sp³-hybridized carbons (Fsp3) is 0.733. The summed E-state index contributed by atoms with van der Waals surface area (Å²) in [5, 5.41) is 0. The lowest BCUT2D eigenvalue weighted by Gasteiger charge is -2.34. The SMILES string of the molecule is CCN(c1cc(N)nc(C(C)C)n1)C1CCCCC1. The third-order valence-corrected chi connectivity index (χ3v) is 3.92. The molecule has 2 rings (SSSR count). The number of hydrogen-bond donors (Lipinski definition) is 1. The van der Waals surface area contributed by atoms with Crippen LogP contribution in [0.2, 0.25) is 0 Å². The van der Waals surface area contributed by atoms with E-state index in [2.05, 4.69) is 30.7 Å². The van der Waals surface area contributed by atoms with Crippen molar-refractivity contribution in [2.75, 3.05) is 17.2 Å². The molecular weight excluding hydrogens is 236 g/mol. The van der Waals surface area contributed by atoms with E-state index in [1.54, 1.807) is 0 Å². The number of nitrogen functional groups attached to an aromatic ring is 1. The molecule has 0 unspecified atom stereocenters. The van der Waals surface area contributed by atoms with Crippen LogP contribution in [0.5, 0.6) is 0 Å². The molecule has 0 aliphatic heterocycles. The Balaban J connectivity index is 2.26. The third-order valence-electron chi connectivity index (χ3n) is 3.92. The molecule has 1 aromatic rings. The maximum Gasteiger partial charge on any atom is 0.135 e. The highest BCUT2D eigenvalue weighted by atomic mass is 15.2. The molecule has 1 fully saturated rings. The molecule has 0 atom stereocenters. The van der Waals surface area contributed by atoms with Gasteiger partial charge in [-0.25, -0.2) is 9.97 Å². The van der Waals surface area contributed by atoms with Crippen LogP contribution in [0, 0.1) is 0 Å². The zero-order valence-corrected chi connectivity index (χ0v) is 12.4. The molecule has 1 aromatic heterocycles. The van der Waals surface area contributed by atoms with Crippen molar-refractivity contribution in [2.45, 2.75) is 64.8 Å². The zero-order valence-electron chi connectivity index (χ0n) is 12.4. The van der Waals surface area contributed by atoms with Gasteiger partial charge in [-0.2, -0.15) is 0 Å². The first kappa shape index (κ1) is 14.1. The Morgan fingerprint density at radius 1 is 1.26 bits per heavy atom. The predicted octanol–water partition coefficient (Wildman–Crippen LogP) is 3.34. The van der Waals surface area contributed by atoms with Gasteiger partial charge in [0.2, 0.25) is 0 Å². The number of nitrogens with zero attached hydrogens (tertiary/aromatic N) is 3. The van der Waals surface area contributed by atoms with Crippen molar-refractivity contribution in [2.24, 2.45) is 0 Å². The number of rotatable bonds is 4. The van der Waals surface area contributed by atoms with Crippen molar-refractivity contribution in [1.82, 2.24) is 9.97 Å². The Labute approximate surface area is 116 Å². The number of aromatic nitrogens is 2. The van der Waals surface area contributed by atoms with E-state index in [4.69, 9.17) is 10.7 Å². The summed E-state index contributed by atoms with van der Waals surface area (Å²) in [6.45, 7) is 7.39. The van der Waals surface area contributed by atoms with Crippen LogP contribution < -0.4 is 10.6 Å². The van der Waals surface area contributed by atoms with Crippen LogP contribution in [0.3, 0.4) is 0 Å². The summed E-state index contributed by atoms with van der Waals surface area (Å²) >= 11 is 0. The average Bonchev–Trinajstić information content (AvgIpc) is 2.40. The maximum atomic E-state index is 5.94. The van der Waals surface area contributed by atoms with E-state index in [1.165, 1.54) is 32.1 Å². The van der Waals surface area contributed by atoms with Gasteiger partial charge in [-0.05, 0) is 19.8 Å². The topological polar surface area (TPSA) is 55.0 Å². The van der Waals surface area contributed by atoms with Gasteiger partial charge in [-0.1, -0.05) is 33.1 Å². The van der Waals surface area contributed by atoms with Crippen molar-refractivity contribution in [1.29, 1.82) is 0 Å². The van der Waals surface area contributed by atoms with Crippen molar-refractivity contribution in [3.05, 3.63) is 11.9 Å². The van der Waals surface area contributed by atoms with E-state index in [1.807, 2.05) is 6.07 Å². The summed E-state index contributed by atoms with van der Waals surface area (Å²) in [6.07, 6.45) is 6.58.